The second-order valence-electron chi connectivity index (χ2n) is 7.25. The van der Waals surface area contributed by atoms with Crippen LogP contribution in [-0.2, 0) is 19.5 Å². The molecule has 0 saturated carbocycles. The highest BCUT2D eigenvalue weighted by Crippen LogP contribution is 2.21. The summed E-state index contributed by atoms with van der Waals surface area (Å²) in [6, 6.07) is 20.3. The summed E-state index contributed by atoms with van der Waals surface area (Å²) in [6.45, 7) is 3.91. The quantitative estimate of drug-likeness (QED) is 0.702. The van der Waals surface area contributed by atoms with Crippen molar-refractivity contribution >= 4 is 11.7 Å². The van der Waals surface area contributed by atoms with Crippen LogP contribution in [0.5, 0.6) is 0 Å². The molecular formula is C23H24N4O. The number of hydrogen-bond acceptors (Lipinski definition) is 4. The zero-order chi connectivity index (χ0) is 19.5. The molecule has 1 aliphatic heterocycles. The number of fused-ring (bicyclic) bond motifs is 1. The summed E-state index contributed by atoms with van der Waals surface area (Å²) in [4.78, 5) is 26.0. The van der Waals surface area contributed by atoms with Crippen LogP contribution in [0.25, 0.3) is 0 Å². The van der Waals surface area contributed by atoms with Crippen molar-refractivity contribution in [3.8, 4) is 0 Å². The van der Waals surface area contributed by atoms with Gasteiger partial charge in [0.05, 0.1) is 0 Å². The van der Waals surface area contributed by atoms with Gasteiger partial charge in [0.1, 0.15) is 17.3 Å². The molecule has 0 saturated heterocycles. The van der Waals surface area contributed by atoms with Gasteiger partial charge in [-0.3, -0.25) is 4.79 Å². The van der Waals surface area contributed by atoms with E-state index in [1.54, 1.807) is 6.07 Å². The first-order chi connectivity index (χ1) is 13.6. The largest absolute Gasteiger partial charge is 0.355 e. The molecule has 4 rings (SSSR count). The van der Waals surface area contributed by atoms with Gasteiger partial charge in [0.25, 0.3) is 5.91 Å². The fraction of sp³-hybridized carbons (Fsp3) is 0.261. The summed E-state index contributed by atoms with van der Waals surface area (Å²) < 4.78 is 0. The van der Waals surface area contributed by atoms with E-state index in [9.17, 15) is 4.79 Å². The van der Waals surface area contributed by atoms with E-state index in [1.165, 1.54) is 16.7 Å². The smallest absolute Gasteiger partial charge is 0.272 e. The Morgan fingerprint density at radius 3 is 2.54 bits per heavy atom. The number of aromatic nitrogens is 2. The summed E-state index contributed by atoms with van der Waals surface area (Å²) in [5.74, 6) is 1.34. The van der Waals surface area contributed by atoms with Gasteiger partial charge in [-0.05, 0) is 30.0 Å². The lowest BCUT2D eigenvalue weighted by Crippen LogP contribution is -2.36. The van der Waals surface area contributed by atoms with E-state index in [0.29, 0.717) is 24.6 Å². The summed E-state index contributed by atoms with van der Waals surface area (Å²) in [5.41, 5.74) is 4.20. The Bertz CT molecular complexity index is 987. The molecular weight excluding hydrogens is 348 g/mol. The summed E-state index contributed by atoms with van der Waals surface area (Å²) in [7, 11) is 1.99. The third-order valence-electron chi connectivity index (χ3n) is 5.12. The van der Waals surface area contributed by atoms with Crippen LogP contribution in [0.15, 0.2) is 60.7 Å². The number of aryl methyl sites for hydroxylation is 1. The fourth-order valence-corrected chi connectivity index (χ4v) is 3.63. The van der Waals surface area contributed by atoms with Crippen molar-refractivity contribution < 1.29 is 4.79 Å². The molecule has 0 bridgehead atoms. The highest BCUT2D eigenvalue weighted by Gasteiger charge is 2.23. The molecule has 1 aliphatic rings. The molecule has 2 aromatic carbocycles. The zero-order valence-electron chi connectivity index (χ0n) is 16.3. The van der Waals surface area contributed by atoms with E-state index >= 15 is 0 Å². The monoisotopic (exact) mass is 372 g/mol. The van der Waals surface area contributed by atoms with Crippen LogP contribution in [-0.4, -0.2) is 34.4 Å². The Morgan fingerprint density at radius 1 is 1.04 bits per heavy atom. The van der Waals surface area contributed by atoms with E-state index in [1.807, 2.05) is 48.0 Å². The SMILES string of the molecule is Cc1nc(C(=O)N2CCc3ccccc3C2)cc(N(C)Cc2ccccc2)n1. The average molecular weight is 372 g/mol. The van der Waals surface area contributed by atoms with Gasteiger partial charge in [0.15, 0.2) is 0 Å². The van der Waals surface area contributed by atoms with E-state index in [0.717, 1.165) is 18.8 Å². The van der Waals surface area contributed by atoms with Crippen LogP contribution in [0.3, 0.4) is 0 Å². The zero-order valence-corrected chi connectivity index (χ0v) is 16.3. The lowest BCUT2D eigenvalue weighted by atomic mass is 10.00. The van der Waals surface area contributed by atoms with Crippen molar-refractivity contribution in [1.82, 2.24) is 14.9 Å². The Balaban J connectivity index is 1.54. The van der Waals surface area contributed by atoms with E-state index in [4.69, 9.17) is 0 Å². The summed E-state index contributed by atoms with van der Waals surface area (Å²) in [5, 5.41) is 0. The van der Waals surface area contributed by atoms with Crippen molar-refractivity contribution in [1.29, 1.82) is 0 Å². The topological polar surface area (TPSA) is 49.3 Å². The molecule has 5 nitrogen and oxygen atoms in total. The van der Waals surface area contributed by atoms with Crippen molar-refractivity contribution in [2.75, 3.05) is 18.5 Å². The van der Waals surface area contributed by atoms with E-state index in [-0.39, 0.29) is 5.91 Å². The van der Waals surface area contributed by atoms with Crippen molar-refractivity contribution in [3.05, 3.63) is 88.9 Å². The first kappa shape index (κ1) is 18.2. The maximum atomic E-state index is 13.1. The molecule has 0 spiro atoms. The molecule has 0 aliphatic carbocycles. The van der Waals surface area contributed by atoms with Gasteiger partial charge < -0.3 is 9.80 Å². The normalized spacial score (nSPS) is 13.1. The first-order valence-corrected chi connectivity index (χ1v) is 9.57. The maximum absolute atomic E-state index is 13.1. The molecule has 0 unspecified atom stereocenters. The number of anilines is 1. The molecule has 0 fully saturated rings. The average Bonchev–Trinajstić information content (AvgIpc) is 2.73. The minimum absolute atomic E-state index is 0.0330. The fourth-order valence-electron chi connectivity index (χ4n) is 3.63. The van der Waals surface area contributed by atoms with Crippen molar-refractivity contribution in [2.45, 2.75) is 26.4 Å². The molecule has 5 heteroatoms. The third-order valence-corrected chi connectivity index (χ3v) is 5.12. The van der Waals surface area contributed by atoms with Gasteiger partial charge >= 0.3 is 0 Å². The van der Waals surface area contributed by atoms with Crippen LogP contribution < -0.4 is 4.90 Å². The molecule has 142 valence electrons. The van der Waals surface area contributed by atoms with Crippen LogP contribution in [0.4, 0.5) is 5.82 Å². The number of benzene rings is 2. The third kappa shape index (κ3) is 3.88. The Labute approximate surface area is 165 Å². The lowest BCUT2D eigenvalue weighted by Gasteiger charge is -2.29. The number of amides is 1. The standard InChI is InChI=1S/C23H24N4O/c1-17-24-21(14-22(25-17)26(2)15-18-8-4-3-5-9-18)23(28)27-13-12-19-10-6-7-11-20(19)16-27/h3-11,14H,12-13,15-16H2,1-2H3. The Kier molecular flexibility index (Phi) is 5.06. The number of carbonyl (C=O) groups excluding carboxylic acids is 1. The predicted molar refractivity (Wildman–Crippen MR) is 110 cm³/mol. The highest BCUT2D eigenvalue weighted by molar-refractivity contribution is 5.93. The van der Waals surface area contributed by atoms with Crippen molar-refractivity contribution in [2.24, 2.45) is 0 Å². The van der Waals surface area contributed by atoms with E-state index < -0.39 is 0 Å². The lowest BCUT2D eigenvalue weighted by molar-refractivity contribution is 0.0728. The molecule has 1 aromatic heterocycles. The van der Waals surface area contributed by atoms with Crippen molar-refractivity contribution in [3.63, 3.8) is 0 Å². The van der Waals surface area contributed by atoms with Crippen LogP contribution in [0.2, 0.25) is 0 Å². The molecule has 3 aromatic rings. The van der Waals surface area contributed by atoms with Gasteiger partial charge in [-0.1, -0.05) is 54.6 Å². The molecule has 1 amide bonds. The number of hydrogen-bond donors (Lipinski definition) is 0. The number of carbonyl (C=O) groups is 1. The van der Waals surface area contributed by atoms with Gasteiger partial charge in [0, 0.05) is 32.7 Å². The van der Waals surface area contributed by atoms with Gasteiger partial charge in [0.2, 0.25) is 0 Å². The van der Waals surface area contributed by atoms with Gasteiger partial charge in [-0.25, -0.2) is 9.97 Å². The highest BCUT2D eigenvalue weighted by atomic mass is 16.2. The minimum Gasteiger partial charge on any atom is -0.355 e. The summed E-state index contributed by atoms with van der Waals surface area (Å²) >= 11 is 0. The second-order valence-corrected chi connectivity index (χ2v) is 7.25. The van der Waals surface area contributed by atoms with Crippen LogP contribution >= 0.6 is 0 Å². The van der Waals surface area contributed by atoms with Gasteiger partial charge in [-0.15, -0.1) is 0 Å². The van der Waals surface area contributed by atoms with E-state index in [2.05, 4.69) is 40.3 Å². The van der Waals surface area contributed by atoms with Gasteiger partial charge in [-0.2, -0.15) is 0 Å². The minimum atomic E-state index is -0.0330. The number of rotatable bonds is 4. The predicted octanol–water partition coefficient (Wildman–Crippen LogP) is 3.62. The second kappa shape index (κ2) is 7.80. The molecule has 0 atom stereocenters. The molecule has 0 radical (unpaired) electrons. The maximum Gasteiger partial charge on any atom is 0.272 e. The first-order valence-electron chi connectivity index (χ1n) is 9.57. The molecule has 2 heterocycles. The molecule has 28 heavy (non-hydrogen) atoms. The van der Waals surface area contributed by atoms with Crippen LogP contribution in [0.1, 0.15) is 33.0 Å². The Morgan fingerprint density at radius 2 is 1.75 bits per heavy atom. The Hall–Kier alpha value is -3.21. The van der Waals surface area contributed by atoms with Crippen LogP contribution in [0, 0.1) is 6.92 Å². The molecule has 0 N–H and O–H groups in total. The summed E-state index contributed by atoms with van der Waals surface area (Å²) in [6.07, 6.45) is 0.882. The number of nitrogens with zero attached hydrogens (tertiary/aromatic N) is 4.